The second-order valence-electron chi connectivity index (χ2n) is 5.53. The van der Waals surface area contributed by atoms with Crippen molar-refractivity contribution in [2.24, 2.45) is 0 Å². The van der Waals surface area contributed by atoms with Gasteiger partial charge in [-0.1, -0.05) is 0 Å². The molecule has 1 aliphatic heterocycles. The van der Waals surface area contributed by atoms with Gasteiger partial charge in [-0.15, -0.1) is 0 Å². The standard InChI is InChI=1S/C13H22BN3O3/c1-18-14(19-2)20-13-9-15-17(10-13)12-5-7-16(8-6-12)11-3-4-11/h9-12H,3-8H2,1-2H3. The molecule has 0 amide bonds. The molecule has 7 heteroatoms. The molecule has 1 saturated heterocycles. The van der Waals surface area contributed by atoms with E-state index >= 15 is 0 Å². The van der Waals surface area contributed by atoms with Crippen LogP contribution in [0.2, 0.25) is 0 Å². The van der Waals surface area contributed by atoms with Crippen molar-refractivity contribution in [3.8, 4) is 5.75 Å². The van der Waals surface area contributed by atoms with E-state index in [4.69, 9.17) is 14.0 Å². The van der Waals surface area contributed by atoms with E-state index in [1.807, 2.05) is 10.9 Å². The first-order valence-corrected chi connectivity index (χ1v) is 7.30. The minimum Gasteiger partial charge on any atom is -0.509 e. The molecule has 0 bridgehead atoms. The first-order valence-electron chi connectivity index (χ1n) is 7.30. The van der Waals surface area contributed by atoms with Crippen molar-refractivity contribution in [2.75, 3.05) is 27.3 Å². The summed E-state index contributed by atoms with van der Waals surface area (Å²) in [6.07, 6.45) is 8.76. The highest BCUT2D eigenvalue weighted by Gasteiger charge is 2.32. The highest BCUT2D eigenvalue weighted by atomic mass is 16.7. The Morgan fingerprint density at radius 2 is 1.80 bits per heavy atom. The van der Waals surface area contributed by atoms with Crippen LogP contribution < -0.4 is 4.65 Å². The van der Waals surface area contributed by atoms with Crippen LogP contribution in [0.3, 0.4) is 0 Å². The van der Waals surface area contributed by atoms with Crippen LogP contribution >= 0.6 is 0 Å². The maximum absolute atomic E-state index is 5.52. The first-order chi connectivity index (χ1) is 9.80. The number of aromatic nitrogens is 2. The molecule has 2 fully saturated rings. The molecule has 20 heavy (non-hydrogen) atoms. The van der Waals surface area contributed by atoms with Gasteiger partial charge in [0.05, 0.1) is 18.4 Å². The summed E-state index contributed by atoms with van der Waals surface area (Å²) in [4.78, 5) is 2.61. The van der Waals surface area contributed by atoms with Crippen LogP contribution in [0.1, 0.15) is 31.7 Å². The van der Waals surface area contributed by atoms with Crippen molar-refractivity contribution in [3.05, 3.63) is 12.4 Å². The Morgan fingerprint density at radius 3 is 2.40 bits per heavy atom. The quantitative estimate of drug-likeness (QED) is 0.735. The van der Waals surface area contributed by atoms with Gasteiger partial charge in [0.25, 0.3) is 0 Å². The molecule has 110 valence electrons. The number of hydrogen-bond acceptors (Lipinski definition) is 5. The zero-order valence-corrected chi connectivity index (χ0v) is 12.2. The third-order valence-corrected chi connectivity index (χ3v) is 4.13. The lowest BCUT2D eigenvalue weighted by molar-refractivity contribution is 0.172. The van der Waals surface area contributed by atoms with Gasteiger partial charge in [0.15, 0.2) is 0 Å². The molecule has 1 aliphatic carbocycles. The molecule has 0 unspecified atom stereocenters. The van der Waals surface area contributed by atoms with E-state index in [1.54, 1.807) is 20.4 Å². The van der Waals surface area contributed by atoms with Crippen LogP contribution in [0.15, 0.2) is 12.4 Å². The van der Waals surface area contributed by atoms with E-state index in [-0.39, 0.29) is 0 Å². The van der Waals surface area contributed by atoms with E-state index in [1.165, 1.54) is 25.9 Å². The minimum atomic E-state index is -0.677. The smallest absolute Gasteiger partial charge is 0.509 e. The molecule has 0 radical (unpaired) electrons. The second kappa shape index (κ2) is 6.16. The Balaban J connectivity index is 1.54. The molecule has 0 N–H and O–H groups in total. The lowest BCUT2D eigenvalue weighted by Gasteiger charge is -2.31. The summed E-state index contributed by atoms with van der Waals surface area (Å²) in [5.74, 6) is 0.684. The van der Waals surface area contributed by atoms with Crippen LogP contribution in [0.25, 0.3) is 0 Å². The predicted octanol–water partition coefficient (Wildman–Crippen LogP) is 1.34. The summed E-state index contributed by atoms with van der Waals surface area (Å²) >= 11 is 0. The van der Waals surface area contributed by atoms with Gasteiger partial charge in [-0.2, -0.15) is 5.10 Å². The van der Waals surface area contributed by atoms with Crippen LogP contribution in [0.5, 0.6) is 5.75 Å². The first kappa shape index (κ1) is 13.9. The molecule has 6 nitrogen and oxygen atoms in total. The third kappa shape index (κ3) is 3.16. The summed E-state index contributed by atoms with van der Waals surface area (Å²) in [5, 5.41) is 4.41. The van der Waals surface area contributed by atoms with E-state index in [0.29, 0.717) is 11.8 Å². The minimum absolute atomic E-state index is 0.478. The Morgan fingerprint density at radius 1 is 1.10 bits per heavy atom. The van der Waals surface area contributed by atoms with Crippen molar-refractivity contribution in [2.45, 2.75) is 37.8 Å². The second-order valence-corrected chi connectivity index (χ2v) is 5.53. The molecule has 2 aliphatic rings. The number of piperidine rings is 1. The highest BCUT2D eigenvalue weighted by Crippen LogP contribution is 2.32. The van der Waals surface area contributed by atoms with Gasteiger partial charge in [0.1, 0.15) is 5.75 Å². The van der Waals surface area contributed by atoms with Crippen LogP contribution in [0, 0.1) is 0 Å². The molecule has 1 saturated carbocycles. The Bertz CT molecular complexity index is 426. The molecule has 1 aromatic heterocycles. The zero-order chi connectivity index (χ0) is 13.9. The molecule has 1 aromatic rings. The lowest BCUT2D eigenvalue weighted by Crippen LogP contribution is -2.36. The summed E-state index contributed by atoms with van der Waals surface area (Å²) in [5.41, 5.74) is 0. The fraction of sp³-hybridized carbons (Fsp3) is 0.769. The molecule has 3 rings (SSSR count). The van der Waals surface area contributed by atoms with Gasteiger partial charge < -0.3 is 18.9 Å². The van der Waals surface area contributed by atoms with E-state index in [0.717, 1.165) is 18.9 Å². The number of hydrogen-bond donors (Lipinski definition) is 0. The molecule has 2 heterocycles. The van der Waals surface area contributed by atoms with E-state index < -0.39 is 7.32 Å². The monoisotopic (exact) mass is 279 g/mol. The fourth-order valence-corrected chi connectivity index (χ4v) is 2.84. The highest BCUT2D eigenvalue weighted by molar-refractivity contribution is 6.37. The predicted molar refractivity (Wildman–Crippen MR) is 75.5 cm³/mol. The Hall–Kier alpha value is -1.05. The summed E-state index contributed by atoms with van der Waals surface area (Å²) in [6.45, 7) is 2.37. The fourth-order valence-electron chi connectivity index (χ4n) is 2.84. The van der Waals surface area contributed by atoms with Crippen molar-refractivity contribution >= 4 is 7.32 Å². The molecule has 0 spiro atoms. The number of nitrogens with zero attached hydrogens (tertiary/aromatic N) is 3. The van der Waals surface area contributed by atoms with Gasteiger partial charge in [-0.25, -0.2) is 0 Å². The average molecular weight is 279 g/mol. The summed E-state index contributed by atoms with van der Waals surface area (Å²) in [6, 6.07) is 1.35. The molecular formula is C13H22BN3O3. The van der Waals surface area contributed by atoms with Crippen LogP contribution in [-0.4, -0.2) is 55.4 Å². The number of rotatable bonds is 6. The van der Waals surface area contributed by atoms with E-state index in [2.05, 4.69) is 10.00 Å². The summed E-state index contributed by atoms with van der Waals surface area (Å²) < 4.78 is 17.6. The normalized spacial score (nSPS) is 21.1. The lowest BCUT2D eigenvalue weighted by atomic mass is 10.1. The molecule has 0 atom stereocenters. The van der Waals surface area contributed by atoms with Crippen molar-refractivity contribution in [1.29, 1.82) is 0 Å². The topological polar surface area (TPSA) is 48.8 Å². The molecule has 0 aromatic carbocycles. The van der Waals surface area contributed by atoms with Crippen molar-refractivity contribution < 1.29 is 14.0 Å². The van der Waals surface area contributed by atoms with Crippen LogP contribution in [0.4, 0.5) is 0 Å². The maximum atomic E-state index is 5.52. The average Bonchev–Trinajstić information content (AvgIpc) is 3.24. The zero-order valence-electron chi connectivity index (χ0n) is 12.2. The van der Waals surface area contributed by atoms with Gasteiger partial charge in [0, 0.05) is 33.4 Å². The van der Waals surface area contributed by atoms with E-state index in [9.17, 15) is 0 Å². The van der Waals surface area contributed by atoms with Gasteiger partial charge >= 0.3 is 7.32 Å². The largest absolute Gasteiger partial charge is 0.712 e. The number of likely N-dealkylation sites (tertiary alicyclic amines) is 1. The van der Waals surface area contributed by atoms with Gasteiger partial charge in [-0.05, 0) is 25.7 Å². The van der Waals surface area contributed by atoms with Crippen molar-refractivity contribution in [3.63, 3.8) is 0 Å². The van der Waals surface area contributed by atoms with Crippen LogP contribution in [-0.2, 0) is 9.31 Å². The maximum Gasteiger partial charge on any atom is 0.712 e. The van der Waals surface area contributed by atoms with Gasteiger partial charge in [-0.3, -0.25) is 4.68 Å². The van der Waals surface area contributed by atoms with Crippen molar-refractivity contribution in [1.82, 2.24) is 14.7 Å². The Kier molecular flexibility index (Phi) is 4.28. The van der Waals surface area contributed by atoms with Gasteiger partial charge in [0.2, 0.25) is 0 Å². The Labute approximate surface area is 120 Å². The third-order valence-electron chi connectivity index (χ3n) is 4.13. The summed E-state index contributed by atoms with van der Waals surface area (Å²) in [7, 11) is 2.42. The molecular weight excluding hydrogens is 257 g/mol. The SMILES string of the molecule is COB(OC)Oc1cnn(C2CCN(C3CC3)CC2)c1.